The smallest absolute Gasteiger partial charge is 0.390 e. The van der Waals surface area contributed by atoms with Gasteiger partial charge in [0.2, 0.25) is 0 Å². The molecule has 0 bridgehead atoms. The molecule has 1 aromatic rings. The summed E-state index contributed by atoms with van der Waals surface area (Å²) in [6.07, 6.45) is -5.05. The fraction of sp³-hybridized carbons (Fsp3) is 0.417. The lowest BCUT2D eigenvalue weighted by Crippen LogP contribution is -2.21. The van der Waals surface area contributed by atoms with Crippen molar-refractivity contribution in [2.75, 3.05) is 6.54 Å². The molecule has 0 aliphatic rings. The minimum atomic E-state index is -4.14. The molecule has 0 saturated heterocycles. The summed E-state index contributed by atoms with van der Waals surface area (Å²) in [7, 11) is 0. The van der Waals surface area contributed by atoms with Crippen LogP contribution in [-0.2, 0) is 17.8 Å². The van der Waals surface area contributed by atoms with E-state index in [0.29, 0.717) is 12.1 Å². The van der Waals surface area contributed by atoms with E-state index >= 15 is 0 Å². The van der Waals surface area contributed by atoms with Crippen molar-refractivity contribution < 1.29 is 23.1 Å². The Balaban J connectivity index is 2.33. The molecule has 0 heterocycles. The second-order valence-corrected chi connectivity index (χ2v) is 3.93. The third kappa shape index (κ3) is 6.24. The van der Waals surface area contributed by atoms with Gasteiger partial charge in [0.25, 0.3) is 0 Å². The number of rotatable bonds is 6. The highest BCUT2D eigenvalue weighted by atomic mass is 19.4. The van der Waals surface area contributed by atoms with Gasteiger partial charge in [-0.15, -0.1) is 0 Å². The number of carboxylic acids is 1. The van der Waals surface area contributed by atoms with E-state index in [4.69, 9.17) is 5.11 Å². The summed E-state index contributed by atoms with van der Waals surface area (Å²) in [5.74, 6) is -0.911. The summed E-state index contributed by atoms with van der Waals surface area (Å²) < 4.78 is 35.6. The topological polar surface area (TPSA) is 49.3 Å². The maximum Gasteiger partial charge on any atom is 0.390 e. The van der Waals surface area contributed by atoms with E-state index < -0.39 is 18.6 Å². The van der Waals surface area contributed by atoms with E-state index in [1.54, 1.807) is 24.3 Å². The zero-order valence-corrected chi connectivity index (χ0v) is 9.63. The molecule has 0 unspecified atom stereocenters. The number of benzene rings is 1. The van der Waals surface area contributed by atoms with Crippen LogP contribution in [0.25, 0.3) is 0 Å². The summed E-state index contributed by atoms with van der Waals surface area (Å²) >= 11 is 0. The van der Waals surface area contributed by atoms with E-state index in [0.717, 1.165) is 5.56 Å². The molecule has 3 nitrogen and oxygen atoms in total. The number of hydrogen-bond acceptors (Lipinski definition) is 2. The normalized spacial score (nSPS) is 11.5. The summed E-state index contributed by atoms with van der Waals surface area (Å²) in [6, 6.07) is 6.74. The fourth-order valence-corrected chi connectivity index (χ4v) is 1.41. The molecular weight excluding hydrogens is 247 g/mol. The Labute approximate surface area is 103 Å². The van der Waals surface area contributed by atoms with Gasteiger partial charge in [-0.1, -0.05) is 24.3 Å². The van der Waals surface area contributed by atoms with Crippen molar-refractivity contribution in [2.24, 2.45) is 0 Å². The average molecular weight is 261 g/mol. The van der Waals surface area contributed by atoms with Gasteiger partial charge in [0, 0.05) is 13.1 Å². The number of halogens is 3. The molecule has 0 amide bonds. The highest BCUT2D eigenvalue weighted by Gasteiger charge is 2.25. The van der Waals surface area contributed by atoms with Crippen molar-refractivity contribution >= 4 is 5.97 Å². The van der Waals surface area contributed by atoms with Crippen LogP contribution in [0.5, 0.6) is 0 Å². The quantitative estimate of drug-likeness (QED) is 0.773. The van der Waals surface area contributed by atoms with Gasteiger partial charge in [-0.25, -0.2) is 0 Å². The van der Waals surface area contributed by atoms with E-state index in [9.17, 15) is 18.0 Å². The van der Waals surface area contributed by atoms with E-state index in [1.807, 2.05) is 0 Å². The van der Waals surface area contributed by atoms with Crippen LogP contribution in [-0.4, -0.2) is 23.8 Å². The molecule has 1 rings (SSSR count). The first-order valence-corrected chi connectivity index (χ1v) is 5.44. The van der Waals surface area contributed by atoms with Gasteiger partial charge in [0.05, 0.1) is 12.8 Å². The highest BCUT2D eigenvalue weighted by Crippen LogP contribution is 2.18. The molecule has 1 aromatic carbocycles. The summed E-state index contributed by atoms with van der Waals surface area (Å²) in [6.45, 7) is 0.212. The molecule has 0 aliphatic carbocycles. The Morgan fingerprint density at radius 1 is 1.17 bits per heavy atom. The number of hydrogen-bond donors (Lipinski definition) is 2. The van der Waals surface area contributed by atoms with Crippen molar-refractivity contribution in [3.63, 3.8) is 0 Å². The van der Waals surface area contributed by atoms with Gasteiger partial charge in [-0.3, -0.25) is 4.79 Å². The van der Waals surface area contributed by atoms with Crippen LogP contribution in [0.2, 0.25) is 0 Å². The van der Waals surface area contributed by atoms with Crippen molar-refractivity contribution in [2.45, 2.75) is 25.6 Å². The van der Waals surface area contributed by atoms with Gasteiger partial charge < -0.3 is 10.4 Å². The Hall–Kier alpha value is -1.56. The predicted octanol–water partition coefficient (Wildman–Crippen LogP) is 2.36. The van der Waals surface area contributed by atoms with Crippen LogP contribution in [0.4, 0.5) is 13.2 Å². The molecule has 0 atom stereocenters. The predicted molar refractivity (Wildman–Crippen MR) is 60.2 cm³/mol. The van der Waals surface area contributed by atoms with Crippen LogP contribution < -0.4 is 5.32 Å². The number of alkyl halides is 3. The third-order valence-electron chi connectivity index (χ3n) is 2.29. The monoisotopic (exact) mass is 261 g/mol. The largest absolute Gasteiger partial charge is 0.481 e. The average Bonchev–Trinajstić information content (AvgIpc) is 2.24. The summed E-state index contributed by atoms with van der Waals surface area (Å²) in [4.78, 5) is 10.4. The molecule has 0 radical (unpaired) electrons. The third-order valence-corrected chi connectivity index (χ3v) is 2.29. The maximum absolute atomic E-state index is 11.9. The zero-order valence-electron chi connectivity index (χ0n) is 9.63. The number of carbonyl (C=O) groups is 1. The fourth-order valence-electron chi connectivity index (χ4n) is 1.41. The highest BCUT2D eigenvalue weighted by molar-refractivity contribution is 5.70. The second kappa shape index (κ2) is 6.39. The summed E-state index contributed by atoms with van der Waals surface area (Å²) in [5.41, 5.74) is 1.49. The van der Waals surface area contributed by atoms with Crippen LogP contribution >= 0.6 is 0 Å². The van der Waals surface area contributed by atoms with Gasteiger partial charge in [-0.2, -0.15) is 13.2 Å². The molecule has 2 N–H and O–H groups in total. The molecule has 18 heavy (non-hydrogen) atoms. The molecule has 0 saturated carbocycles. The maximum atomic E-state index is 11.9. The Bertz CT molecular complexity index is 387. The first-order valence-electron chi connectivity index (χ1n) is 5.44. The van der Waals surface area contributed by atoms with Crippen LogP contribution in [0.15, 0.2) is 24.3 Å². The van der Waals surface area contributed by atoms with Crippen LogP contribution in [0, 0.1) is 0 Å². The molecule has 0 fully saturated rings. The Morgan fingerprint density at radius 2 is 1.72 bits per heavy atom. The Kier molecular flexibility index (Phi) is 5.15. The molecule has 6 heteroatoms. The van der Waals surface area contributed by atoms with Crippen molar-refractivity contribution in [1.29, 1.82) is 0 Å². The van der Waals surface area contributed by atoms with E-state index in [2.05, 4.69) is 5.32 Å². The first kappa shape index (κ1) is 14.5. The van der Waals surface area contributed by atoms with Crippen molar-refractivity contribution in [3.8, 4) is 0 Å². The van der Waals surface area contributed by atoms with Gasteiger partial charge in [-0.05, 0) is 11.1 Å². The standard InChI is InChI=1S/C12H14F3NO2/c13-12(14,15)5-6-16-8-10-3-1-9(2-4-10)7-11(17)18/h1-4,16H,5-8H2,(H,17,18). The lowest BCUT2D eigenvalue weighted by molar-refractivity contribution is -0.136. The van der Waals surface area contributed by atoms with Gasteiger partial charge >= 0.3 is 12.1 Å². The van der Waals surface area contributed by atoms with Crippen molar-refractivity contribution in [1.82, 2.24) is 5.32 Å². The number of carboxylic acid groups (broad SMARTS) is 1. The number of nitrogens with one attached hydrogen (secondary N) is 1. The lowest BCUT2D eigenvalue weighted by Gasteiger charge is -2.08. The summed E-state index contributed by atoms with van der Waals surface area (Å²) in [5, 5.41) is 11.2. The number of aliphatic carboxylic acids is 1. The van der Waals surface area contributed by atoms with Gasteiger partial charge in [0.1, 0.15) is 0 Å². The molecule has 100 valence electrons. The molecule has 0 aromatic heterocycles. The molecular formula is C12H14F3NO2. The SMILES string of the molecule is O=C(O)Cc1ccc(CNCCC(F)(F)F)cc1. The van der Waals surface area contributed by atoms with Crippen LogP contribution in [0.3, 0.4) is 0 Å². The minimum Gasteiger partial charge on any atom is -0.481 e. The van der Waals surface area contributed by atoms with Gasteiger partial charge in [0.15, 0.2) is 0 Å². The van der Waals surface area contributed by atoms with E-state index in [-0.39, 0.29) is 13.0 Å². The zero-order chi connectivity index (χ0) is 13.6. The second-order valence-electron chi connectivity index (χ2n) is 3.93. The first-order chi connectivity index (χ1) is 8.37. The lowest BCUT2D eigenvalue weighted by atomic mass is 10.1. The molecule has 0 aliphatic heterocycles. The molecule has 0 spiro atoms. The minimum absolute atomic E-state index is 0.0538. The van der Waals surface area contributed by atoms with Crippen LogP contribution in [0.1, 0.15) is 17.5 Å². The van der Waals surface area contributed by atoms with E-state index in [1.165, 1.54) is 0 Å². The van der Waals surface area contributed by atoms with Crippen molar-refractivity contribution in [3.05, 3.63) is 35.4 Å². The Morgan fingerprint density at radius 3 is 2.22 bits per heavy atom.